The van der Waals surface area contributed by atoms with Crippen molar-refractivity contribution in [3.8, 4) is 0 Å². The molecular weight excluding hydrogens is 498 g/mol. The first-order valence-electron chi connectivity index (χ1n) is 10.6. The normalized spacial score (nSPS) is 14.5. The van der Waals surface area contributed by atoms with Gasteiger partial charge in [-0.2, -0.15) is 0 Å². The van der Waals surface area contributed by atoms with Gasteiger partial charge in [-0.1, -0.05) is 29.5 Å². The zero-order chi connectivity index (χ0) is 23.6. The van der Waals surface area contributed by atoms with Crippen molar-refractivity contribution in [2.45, 2.75) is 11.8 Å². The van der Waals surface area contributed by atoms with Gasteiger partial charge in [-0.3, -0.25) is 19.4 Å². The van der Waals surface area contributed by atoms with Crippen molar-refractivity contribution in [3.05, 3.63) is 53.6 Å². The number of hydrogen-bond donors (Lipinski definition) is 0. The molecule has 2 heterocycles. The van der Waals surface area contributed by atoms with Crippen molar-refractivity contribution >= 4 is 60.6 Å². The molecule has 0 saturated carbocycles. The van der Waals surface area contributed by atoms with Crippen LogP contribution in [-0.4, -0.2) is 75.6 Å². The summed E-state index contributed by atoms with van der Waals surface area (Å²) in [7, 11) is -3.47. The summed E-state index contributed by atoms with van der Waals surface area (Å²) in [4.78, 5) is 33.6. The smallest absolute Gasteiger partial charge is 0.260 e. The minimum atomic E-state index is -3.47. The molecule has 3 aromatic rings. The number of Topliss-reactive ketones (excluding diaryl/α,β-unsaturated/α-hetero) is 1. The number of benzene rings is 2. The van der Waals surface area contributed by atoms with E-state index in [2.05, 4.69) is 9.88 Å². The van der Waals surface area contributed by atoms with Crippen LogP contribution >= 0.6 is 23.7 Å². The molecule has 0 spiro atoms. The lowest BCUT2D eigenvalue weighted by atomic mass is 10.1. The maximum Gasteiger partial charge on any atom is 0.260 e. The lowest BCUT2D eigenvalue weighted by Gasteiger charge is -2.29. The number of halogens is 1. The number of thiazole rings is 1. The Kier molecular flexibility index (Phi) is 8.43. The molecular formula is C23H26ClN3O5S2. The molecule has 11 heteroatoms. The van der Waals surface area contributed by atoms with Crippen molar-refractivity contribution in [1.29, 1.82) is 0 Å². The van der Waals surface area contributed by atoms with Crippen LogP contribution < -0.4 is 4.90 Å². The summed E-state index contributed by atoms with van der Waals surface area (Å²) in [6.07, 6.45) is 1.15. The Labute approximate surface area is 208 Å². The fourth-order valence-corrected chi connectivity index (χ4v) is 5.59. The fraction of sp³-hybridized carbons (Fsp3) is 0.348. The summed E-state index contributed by atoms with van der Waals surface area (Å²) >= 11 is 1.29. The number of rotatable bonds is 7. The molecule has 1 fully saturated rings. The number of fused-ring (bicyclic) bond motifs is 1. The van der Waals surface area contributed by atoms with Crippen LogP contribution in [0.25, 0.3) is 10.2 Å². The quantitative estimate of drug-likeness (QED) is 0.438. The van der Waals surface area contributed by atoms with E-state index in [1.165, 1.54) is 24.3 Å². The van der Waals surface area contributed by atoms with Crippen LogP contribution in [0.15, 0.2) is 47.4 Å². The van der Waals surface area contributed by atoms with E-state index in [9.17, 15) is 18.0 Å². The Bertz CT molecular complexity index is 1290. The Morgan fingerprint density at radius 3 is 2.35 bits per heavy atom. The zero-order valence-corrected chi connectivity index (χ0v) is 21.3. The summed E-state index contributed by atoms with van der Waals surface area (Å²) in [5, 5.41) is 0.440. The van der Waals surface area contributed by atoms with Crippen LogP contribution in [0, 0.1) is 0 Å². The minimum Gasteiger partial charge on any atom is -0.379 e. The Hall–Kier alpha value is -2.37. The number of aromatic nitrogens is 1. The van der Waals surface area contributed by atoms with Crippen LogP contribution in [0.2, 0.25) is 0 Å². The highest BCUT2D eigenvalue weighted by Gasteiger charge is 2.24. The molecule has 1 aliphatic rings. The number of amides is 1. The standard InChI is InChI=1S/C23H25N3O5S2.ClH/c1-16(27)17-6-8-18(9-7-17)22(28)26(11-10-25-12-14-31-15-13-25)23-24-21-19(32-23)4-3-5-20(21)33(2,29)30;/h3-9H,10-15H2,1-2H3;1H. The zero-order valence-electron chi connectivity index (χ0n) is 18.9. The second-order valence-electron chi connectivity index (χ2n) is 7.92. The number of anilines is 1. The molecule has 8 nitrogen and oxygen atoms in total. The molecule has 0 aliphatic carbocycles. The van der Waals surface area contributed by atoms with Gasteiger partial charge in [-0.25, -0.2) is 13.4 Å². The topological polar surface area (TPSA) is 96.9 Å². The van der Waals surface area contributed by atoms with Crippen molar-refractivity contribution in [2.75, 3.05) is 50.5 Å². The van der Waals surface area contributed by atoms with Gasteiger partial charge in [0.1, 0.15) is 5.52 Å². The number of ketones is 1. The fourth-order valence-electron chi connectivity index (χ4n) is 3.68. The number of carbonyl (C=O) groups excluding carboxylic acids is 2. The lowest BCUT2D eigenvalue weighted by Crippen LogP contribution is -2.43. The van der Waals surface area contributed by atoms with E-state index in [1.807, 2.05) is 0 Å². The maximum atomic E-state index is 13.5. The average Bonchev–Trinajstić information content (AvgIpc) is 3.23. The highest BCUT2D eigenvalue weighted by molar-refractivity contribution is 7.91. The van der Waals surface area contributed by atoms with Gasteiger partial charge in [-0.15, -0.1) is 12.4 Å². The number of para-hydroxylation sites is 1. The van der Waals surface area contributed by atoms with Gasteiger partial charge < -0.3 is 4.74 Å². The van der Waals surface area contributed by atoms with Crippen LogP contribution in [0.1, 0.15) is 27.6 Å². The van der Waals surface area contributed by atoms with E-state index in [0.29, 0.717) is 52.8 Å². The summed E-state index contributed by atoms with van der Waals surface area (Å²) in [5.74, 6) is -0.323. The van der Waals surface area contributed by atoms with E-state index in [1.54, 1.807) is 41.3 Å². The van der Waals surface area contributed by atoms with Crippen LogP contribution in [0.4, 0.5) is 5.13 Å². The first kappa shape index (κ1) is 26.2. The van der Waals surface area contributed by atoms with Gasteiger partial charge >= 0.3 is 0 Å². The molecule has 0 bridgehead atoms. The molecule has 0 atom stereocenters. The van der Waals surface area contributed by atoms with Gasteiger partial charge in [0.2, 0.25) is 0 Å². The second kappa shape index (κ2) is 10.9. The Morgan fingerprint density at radius 2 is 1.74 bits per heavy atom. The first-order chi connectivity index (χ1) is 15.7. The molecule has 1 aromatic heterocycles. The molecule has 0 N–H and O–H groups in total. The number of carbonyl (C=O) groups is 2. The van der Waals surface area contributed by atoms with Gasteiger partial charge in [0, 0.05) is 43.6 Å². The van der Waals surface area contributed by atoms with Gasteiger partial charge in [0.05, 0.1) is 22.8 Å². The van der Waals surface area contributed by atoms with E-state index in [-0.39, 0.29) is 29.0 Å². The molecule has 182 valence electrons. The van der Waals surface area contributed by atoms with E-state index in [0.717, 1.165) is 19.3 Å². The summed E-state index contributed by atoms with van der Waals surface area (Å²) < 4.78 is 30.6. The lowest BCUT2D eigenvalue weighted by molar-refractivity contribution is 0.0391. The highest BCUT2D eigenvalue weighted by atomic mass is 35.5. The molecule has 34 heavy (non-hydrogen) atoms. The molecule has 1 saturated heterocycles. The Balaban J connectivity index is 0.00000324. The molecule has 1 aliphatic heterocycles. The summed E-state index contributed by atoms with van der Waals surface area (Å²) in [6.45, 7) is 5.38. The number of sulfone groups is 1. The predicted octanol–water partition coefficient (Wildman–Crippen LogP) is 3.30. The van der Waals surface area contributed by atoms with Crippen molar-refractivity contribution < 1.29 is 22.7 Å². The highest BCUT2D eigenvalue weighted by Crippen LogP contribution is 2.33. The minimum absolute atomic E-state index is 0. The number of hydrogen-bond acceptors (Lipinski definition) is 8. The SMILES string of the molecule is CC(=O)c1ccc(C(=O)N(CCN2CCOCC2)c2nc3c(S(C)(=O)=O)cccc3s2)cc1.Cl. The van der Waals surface area contributed by atoms with Crippen molar-refractivity contribution in [3.63, 3.8) is 0 Å². The third kappa shape index (κ3) is 5.81. The molecule has 0 unspecified atom stereocenters. The Morgan fingerprint density at radius 1 is 1.09 bits per heavy atom. The van der Waals surface area contributed by atoms with Gasteiger partial charge in [0.25, 0.3) is 5.91 Å². The van der Waals surface area contributed by atoms with E-state index >= 15 is 0 Å². The van der Waals surface area contributed by atoms with Gasteiger partial charge in [0.15, 0.2) is 20.8 Å². The third-order valence-electron chi connectivity index (χ3n) is 5.53. The first-order valence-corrected chi connectivity index (χ1v) is 13.3. The average molecular weight is 524 g/mol. The number of ether oxygens (including phenoxy) is 1. The summed E-state index contributed by atoms with van der Waals surface area (Å²) in [6, 6.07) is 11.6. The third-order valence-corrected chi connectivity index (χ3v) is 7.70. The number of morpholine rings is 1. The molecule has 2 aromatic carbocycles. The molecule has 4 rings (SSSR count). The summed E-state index contributed by atoms with van der Waals surface area (Å²) in [5.41, 5.74) is 1.34. The number of nitrogens with zero attached hydrogens (tertiary/aromatic N) is 3. The van der Waals surface area contributed by atoms with Crippen molar-refractivity contribution in [1.82, 2.24) is 9.88 Å². The monoisotopic (exact) mass is 523 g/mol. The maximum absolute atomic E-state index is 13.5. The van der Waals surface area contributed by atoms with Crippen LogP contribution in [-0.2, 0) is 14.6 Å². The van der Waals surface area contributed by atoms with Crippen LogP contribution in [0.3, 0.4) is 0 Å². The van der Waals surface area contributed by atoms with E-state index < -0.39 is 9.84 Å². The largest absolute Gasteiger partial charge is 0.379 e. The van der Waals surface area contributed by atoms with Gasteiger partial charge in [-0.05, 0) is 31.2 Å². The van der Waals surface area contributed by atoms with E-state index in [4.69, 9.17) is 4.74 Å². The molecule has 0 radical (unpaired) electrons. The van der Waals surface area contributed by atoms with Crippen LogP contribution in [0.5, 0.6) is 0 Å². The predicted molar refractivity (Wildman–Crippen MR) is 135 cm³/mol. The second-order valence-corrected chi connectivity index (χ2v) is 10.9. The van der Waals surface area contributed by atoms with Crippen molar-refractivity contribution in [2.24, 2.45) is 0 Å². The molecule has 1 amide bonds.